The van der Waals surface area contributed by atoms with Crippen LogP contribution in [-0.2, 0) is 11.2 Å². The maximum absolute atomic E-state index is 5.75. The van der Waals surface area contributed by atoms with E-state index in [1.54, 1.807) is 0 Å². The summed E-state index contributed by atoms with van der Waals surface area (Å²) in [6.07, 6.45) is 2.36. The van der Waals surface area contributed by atoms with E-state index in [-0.39, 0.29) is 0 Å². The van der Waals surface area contributed by atoms with E-state index in [9.17, 15) is 0 Å². The van der Waals surface area contributed by atoms with Gasteiger partial charge in [-0.3, -0.25) is 0 Å². The number of nitrogens with zero attached hydrogens (tertiary/aromatic N) is 1. The average molecular weight is 288 g/mol. The van der Waals surface area contributed by atoms with Gasteiger partial charge in [-0.2, -0.15) is 0 Å². The normalized spacial score (nSPS) is 29.2. The lowest BCUT2D eigenvalue weighted by Crippen LogP contribution is -2.49. The molecule has 3 atom stereocenters. The minimum atomic E-state index is 0.594. The van der Waals surface area contributed by atoms with Crippen LogP contribution in [0.2, 0.25) is 0 Å². The van der Waals surface area contributed by atoms with Crippen molar-refractivity contribution in [2.75, 3.05) is 37.7 Å². The van der Waals surface area contributed by atoms with Crippen molar-refractivity contribution in [2.24, 2.45) is 11.8 Å². The van der Waals surface area contributed by atoms with Gasteiger partial charge in [-0.1, -0.05) is 32.0 Å². The third-order valence-electron chi connectivity index (χ3n) is 4.83. The molecule has 0 aromatic heterocycles. The van der Waals surface area contributed by atoms with E-state index in [1.165, 1.54) is 24.2 Å². The van der Waals surface area contributed by atoms with Gasteiger partial charge in [0, 0.05) is 37.3 Å². The number of benzene rings is 1. The zero-order valence-corrected chi connectivity index (χ0v) is 13.3. The number of fused-ring (bicyclic) bond motifs is 1. The highest BCUT2D eigenvalue weighted by Crippen LogP contribution is 2.31. The Labute approximate surface area is 128 Å². The van der Waals surface area contributed by atoms with E-state index in [0.717, 1.165) is 38.6 Å². The maximum atomic E-state index is 5.75. The lowest BCUT2D eigenvalue weighted by Gasteiger charge is -2.40. The summed E-state index contributed by atoms with van der Waals surface area (Å²) in [5.41, 5.74) is 2.95. The molecule has 0 saturated carbocycles. The van der Waals surface area contributed by atoms with Gasteiger partial charge in [0.25, 0.3) is 0 Å². The summed E-state index contributed by atoms with van der Waals surface area (Å²) in [6, 6.07) is 9.51. The summed E-state index contributed by atoms with van der Waals surface area (Å²) < 4.78 is 5.75. The van der Waals surface area contributed by atoms with Gasteiger partial charge in [0.2, 0.25) is 0 Å². The second kappa shape index (κ2) is 6.80. The number of hydrogen-bond donors (Lipinski definition) is 1. The fourth-order valence-electron chi connectivity index (χ4n) is 3.87. The largest absolute Gasteiger partial charge is 0.381 e. The van der Waals surface area contributed by atoms with Crippen LogP contribution < -0.4 is 10.2 Å². The molecule has 0 radical (unpaired) electrons. The Morgan fingerprint density at radius 1 is 1.33 bits per heavy atom. The molecule has 1 saturated heterocycles. The second-order valence-electron chi connectivity index (χ2n) is 6.63. The predicted molar refractivity (Wildman–Crippen MR) is 87.9 cm³/mol. The van der Waals surface area contributed by atoms with Gasteiger partial charge < -0.3 is 15.0 Å². The third-order valence-corrected chi connectivity index (χ3v) is 4.83. The minimum absolute atomic E-state index is 0.594. The Morgan fingerprint density at radius 2 is 2.19 bits per heavy atom. The summed E-state index contributed by atoms with van der Waals surface area (Å²) in [4.78, 5) is 2.59. The fraction of sp³-hybridized carbons (Fsp3) is 0.667. The predicted octanol–water partition coefficient (Wildman–Crippen LogP) is 2.70. The van der Waals surface area contributed by atoms with Gasteiger partial charge in [-0.05, 0) is 36.9 Å². The van der Waals surface area contributed by atoms with Crippen molar-refractivity contribution in [3.63, 3.8) is 0 Å². The average Bonchev–Trinajstić information content (AvgIpc) is 2.49. The molecule has 0 amide bonds. The van der Waals surface area contributed by atoms with Crippen LogP contribution in [0.4, 0.5) is 5.69 Å². The van der Waals surface area contributed by atoms with Crippen LogP contribution in [-0.4, -0.2) is 38.9 Å². The Bertz CT molecular complexity index is 460. The zero-order chi connectivity index (χ0) is 14.7. The number of hydrogen-bond acceptors (Lipinski definition) is 3. The Hall–Kier alpha value is -1.06. The van der Waals surface area contributed by atoms with Gasteiger partial charge in [-0.15, -0.1) is 0 Å². The molecule has 3 nitrogen and oxygen atoms in total. The van der Waals surface area contributed by atoms with Crippen LogP contribution in [0.5, 0.6) is 0 Å². The van der Waals surface area contributed by atoms with Gasteiger partial charge in [0.15, 0.2) is 0 Å². The van der Waals surface area contributed by atoms with Crippen LogP contribution in [0.1, 0.15) is 25.8 Å². The third kappa shape index (κ3) is 3.41. The van der Waals surface area contributed by atoms with Crippen molar-refractivity contribution in [1.29, 1.82) is 0 Å². The zero-order valence-electron chi connectivity index (χ0n) is 13.3. The minimum Gasteiger partial charge on any atom is -0.381 e. The number of para-hydroxylation sites is 1. The van der Waals surface area contributed by atoms with E-state index in [1.807, 2.05) is 0 Å². The van der Waals surface area contributed by atoms with Crippen molar-refractivity contribution in [2.45, 2.75) is 32.7 Å². The first-order valence-electron chi connectivity index (χ1n) is 8.42. The molecule has 1 fully saturated rings. The van der Waals surface area contributed by atoms with Crippen molar-refractivity contribution < 1.29 is 4.74 Å². The maximum Gasteiger partial charge on any atom is 0.0526 e. The summed E-state index contributed by atoms with van der Waals surface area (Å²) in [6.45, 7) is 9.69. The molecule has 116 valence electrons. The van der Waals surface area contributed by atoms with E-state index < -0.39 is 0 Å². The quantitative estimate of drug-likeness (QED) is 0.922. The van der Waals surface area contributed by atoms with Crippen molar-refractivity contribution in [1.82, 2.24) is 5.32 Å². The van der Waals surface area contributed by atoms with E-state index in [0.29, 0.717) is 12.0 Å². The van der Waals surface area contributed by atoms with Crippen LogP contribution in [0.3, 0.4) is 0 Å². The molecule has 0 aliphatic carbocycles. The van der Waals surface area contributed by atoms with Gasteiger partial charge >= 0.3 is 0 Å². The monoisotopic (exact) mass is 288 g/mol. The highest BCUT2D eigenvalue weighted by Gasteiger charge is 2.29. The van der Waals surface area contributed by atoms with Crippen LogP contribution >= 0.6 is 0 Å². The Balaban J connectivity index is 1.74. The van der Waals surface area contributed by atoms with E-state index >= 15 is 0 Å². The lowest BCUT2D eigenvalue weighted by atomic mass is 9.90. The first kappa shape index (κ1) is 14.9. The molecule has 1 aromatic rings. The second-order valence-corrected chi connectivity index (χ2v) is 6.63. The summed E-state index contributed by atoms with van der Waals surface area (Å²) in [7, 11) is 0. The molecule has 0 bridgehead atoms. The Morgan fingerprint density at radius 3 is 3.05 bits per heavy atom. The van der Waals surface area contributed by atoms with Gasteiger partial charge in [-0.25, -0.2) is 0 Å². The van der Waals surface area contributed by atoms with Gasteiger partial charge in [0.05, 0.1) is 6.61 Å². The molecule has 2 aliphatic rings. The number of anilines is 1. The topological polar surface area (TPSA) is 24.5 Å². The molecular formula is C18H28N2O. The SMILES string of the molecule is CCNC1CCOCC1CN1CC(C)Cc2ccccc21. The van der Waals surface area contributed by atoms with Crippen molar-refractivity contribution >= 4 is 5.69 Å². The molecule has 3 unspecified atom stereocenters. The van der Waals surface area contributed by atoms with E-state index in [4.69, 9.17) is 4.74 Å². The standard InChI is InChI=1S/C18H28N2O/c1-3-19-17-8-9-21-13-16(17)12-20-11-14(2)10-15-6-4-5-7-18(15)20/h4-7,14,16-17,19H,3,8-13H2,1-2H3. The summed E-state index contributed by atoms with van der Waals surface area (Å²) in [5, 5.41) is 3.65. The van der Waals surface area contributed by atoms with Crippen molar-refractivity contribution in [3.8, 4) is 0 Å². The molecular weight excluding hydrogens is 260 g/mol. The number of nitrogens with one attached hydrogen (secondary N) is 1. The van der Waals surface area contributed by atoms with Crippen molar-refractivity contribution in [3.05, 3.63) is 29.8 Å². The lowest BCUT2D eigenvalue weighted by molar-refractivity contribution is 0.0348. The molecule has 21 heavy (non-hydrogen) atoms. The molecule has 3 rings (SSSR count). The fourth-order valence-corrected chi connectivity index (χ4v) is 3.87. The van der Waals surface area contributed by atoms with Crippen LogP contribution in [0.25, 0.3) is 0 Å². The summed E-state index contributed by atoms with van der Waals surface area (Å²) >= 11 is 0. The van der Waals surface area contributed by atoms with E-state index in [2.05, 4.69) is 48.3 Å². The van der Waals surface area contributed by atoms with Gasteiger partial charge in [0.1, 0.15) is 0 Å². The molecule has 0 spiro atoms. The molecule has 2 heterocycles. The molecule has 3 heteroatoms. The smallest absolute Gasteiger partial charge is 0.0526 e. The summed E-state index contributed by atoms with van der Waals surface area (Å²) in [5.74, 6) is 1.33. The molecule has 2 aliphatic heterocycles. The van der Waals surface area contributed by atoms with Crippen LogP contribution in [0, 0.1) is 11.8 Å². The first-order valence-corrected chi connectivity index (χ1v) is 8.42. The molecule has 1 N–H and O–H groups in total. The highest BCUT2D eigenvalue weighted by atomic mass is 16.5. The van der Waals surface area contributed by atoms with Crippen LogP contribution in [0.15, 0.2) is 24.3 Å². The first-order chi connectivity index (χ1) is 10.3. The highest BCUT2D eigenvalue weighted by molar-refractivity contribution is 5.55. The molecule has 1 aromatic carbocycles. The number of ether oxygens (including phenoxy) is 1. The Kier molecular flexibility index (Phi) is 4.81. The number of rotatable bonds is 4.